The minimum absolute atomic E-state index is 0.00801. The Labute approximate surface area is 165 Å². The van der Waals surface area contributed by atoms with Gasteiger partial charge in [-0.15, -0.1) is 0 Å². The molecular formula is C21H25ClN2O3. The third-order valence-corrected chi connectivity index (χ3v) is 5.26. The zero-order valence-electron chi connectivity index (χ0n) is 15.9. The quantitative estimate of drug-likeness (QED) is 0.821. The molecule has 1 aliphatic heterocycles. The maximum absolute atomic E-state index is 12.5. The second-order valence-electron chi connectivity index (χ2n) is 6.75. The number of halogens is 1. The number of amides is 1. The first-order valence-corrected chi connectivity index (χ1v) is 9.39. The molecule has 1 unspecified atom stereocenters. The van der Waals surface area contributed by atoms with Crippen molar-refractivity contribution in [2.45, 2.75) is 25.9 Å². The normalized spacial score (nSPS) is 15.0. The molecule has 3 rings (SSSR count). The van der Waals surface area contributed by atoms with E-state index in [-0.39, 0.29) is 11.9 Å². The number of nitrogens with one attached hydrogen (secondary N) is 1. The summed E-state index contributed by atoms with van der Waals surface area (Å²) in [6.07, 6.45) is 0.878. The van der Waals surface area contributed by atoms with E-state index in [2.05, 4.69) is 10.2 Å². The first-order valence-electron chi connectivity index (χ1n) is 9.01. The molecule has 0 fully saturated rings. The van der Waals surface area contributed by atoms with Gasteiger partial charge in [0.2, 0.25) is 5.91 Å². The Kier molecular flexibility index (Phi) is 6.24. The fraction of sp³-hybridized carbons (Fsp3) is 0.381. The molecule has 1 N–H and O–H groups in total. The number of ether oxygens (including phenoxy) is 2. The molecule has 1 heterocycles. The third kappa shape index (κ3) is 4.54. The van der Waals surface area contributed by atoms with Crippen LogP contribution in [-0.4, -0.2) is 38.1 Å². The number of hydrogen-bond donors (Lipinski definition) is 1. The number of rotatable bonds is 6. The van der Waals surface area contributed by atoms with Crippen molar-refractivity contribution in [3.05, 3.63) is 58.1 Å². The molecule has 2 aromatic rings. The first-order chi connectivity index (χ1) is 13.0. The van der Waals surface area contributed by atoms with Crippen LogP contribution >= 0.6 is 11.6 Å². The second-order valence-corrected chi connectivity index (χ2v) is 7.15. The number of benzene rings is 2. The number of fused-ring (bicyclic) bond motifs is 1. The van der Waals surface area contributed by atoms with E-state index >= 15 is 0 Å². The predicted octanol–water partition coefficient (Wildman–Crippen LogP) is 3.59. The van der Waals surface area contributed by atoms with Gasteiger partial charge in [0.05, 0.1) is 26.8 Å². The summed E-state index contributed by atoms with van der Waals surface area (Å²) < 4.78 is 10.8. The van der Waals surface area contributed by atoms with Crippen molar-refractivity contribution in [1.29, 1.82) is 0 Å². The molecule has 1 atom stereocenters. The Morgan fingerprint density at radius 2 is 1.85 bits per heavy atom. The molecule has 0 aliphatic carbocycles. The van der Waals surface area contributed by atoms with Crippen LogP contribution in [0, 0.1) is 0 Å². The largest absolute Gasteiger partial charge is 0.493 e. The van der Waals surface area contributed by atoms with Crippen LogP contribution in [0.15, 0.2) is 36.4 Å². The lowest BCUT2D eigenvalue weighted by Crippen LogP contribution is -2.40. The van der Waals surface area contributed by atoms with Crippen LogP contribution in [0.5, 0.6) is 11.5 Å². The Bertz CT molecular complexity index is 825. The molecule has 144 valence electrons. The van der Waals surface area contributed by atoms with Crippen molar-refractivity contribution in [2.24, 2.45) is 0 Å². The van der Waals surface area contributed by atoms with Crippen LogP contribution in [0.2, 0.25) is 5.02 Å². The van der Waals surface area contributed by atoms with Gasteiger partial charge >= 0.3 is 0 Å². The highest BCUT2D eigenvalue weighted by Gasteiger charge is 2.22. The SMILES string of the molecule is COc1cc2c(cc1OC)CN(CC(=O)NC(C)c1ccccc1Cl)CC2. The summed E-state index contributed by atoms with van der Waals surface area (Å²) >= 11 is 6.22. The Morgan fingerprint density at radius 1 is 1.19 bits per heavy atom. The van der Waals surface area contributed by atoms with E-state index < -0.39 is 0 Å². The van der Waals surface area contributed by atoms with Gasteiger partial charge < -0.3 is 14.8 Å². The average Bonchev–Trinajstić information content (AvgIpc) is 2.66. The molecule has 1 aliphatic rings. The zero-order chi connectivity index (χ0) is 19.4. The van der Waals surface area contributed by atoms with Crippen molar-refractivity contribution < 1.29 is 14.3 Å². The molecule has 0 saturated heterocycles. The highest BCUT2D eigenvalue weighted by molar-refractivity contribution is 6.31. The van der Waals surface area contributed by atoms with E-state index in [0.717, 1.165) is 30.0 Å². The van der Waals surface area contributed by atoms with Gasteiger partial charge in [0.1, 0.15) is 0 Å². The van der Waals surface area contributed by atoms with Crippen molar-refractivity contribution >= 4 is 17.5 Å². The number of hydrogen-bond acceptors (Lipinski definition) is 4. The molecule has 6 heteroatoms. The van der Waals surface area contributed by atoms with E-state index in [9.17, 15) is 4.79 Å². The van der Waals surface area contributed by atoms with Crippen LogP contribution < -0.4 is 14.8 Å². The van der Waals surface area contributed by atoms with Crippen molar-refractivity contribution in [3.8, 4) is 11.5 Å². The second kappa shape index (κ2) is 8.63. The topological polar surface area (TPSA) is 50.8 Å². The predicted molar refractivity (Wildman–Crippen MR) is 107 cm³/mol. The average molecular weight is 389 g/mol. The van der Waals surface area contributed by atoms with Gasteiger partial charge in [0, 0.05) is 18.1 Å². The fourth-order valence-electron chi connectivity index (χ4n) is 3.47. The third-order valence-electron chi connectivity index (χ3n) is 4.91. The number of carbonyl (C=O) groups is 1. The van der Waals surface area contributed by atoms with E-state index in [1.54, 1.807) is 14.2 Å². The Balaban J connectivity index is 1.62. The van der Waals surface area contributed by atoms with Crippen molar-refractivity contribution in [2.75, 3.05) is 27.3 Å². The molecule has 0 spiro atoms. The summed E-state index contributed by atoms with van der Waals surface area (Å²) in [4.78, 5) is 14.6. The van der Waals surface area contributed by atoms with Gasteiger partial charge in [-0.3, -0.25) is 9.69 Å². The summed E-state index contributed by atoms with van der Waals surface area (Å²) in [6.45, 7) is 3.84. The minimum atomic E-state index is -0.132. The van der Waals surface area contributed by atoms with Gasteiger partial charge in [-0.2, -0.15) is 0 Å². The number of nitrogens with zero attached hydrogens (tertiary/aromatic N) is 1. The highest BCUT2D eigenvalue weighted by Crippen LogP contribution is 2.33. The lowest BCUT2D eigenvalue weighted by atomic mass is 9.98. The lowest BCUT2D eigenvalue weighted by Gasteiger charge is -2.29. The van der Waals surface area contributed by atoms with E-state index in [1.807, 2.05) is 43.3 Å². The van der Waals surface area contributed by atoms with E-state index in [1.165, 1.54) is 11.1 Å². The zero-order valence-corrected chi connectivity index (χ0v) is 16.7. The summed E-state index contributed by atoms with van der Waals surface area (Å²) in [5, 5.41) is 3.70. The van der Waals surface area contributed by atoms with E-state index in [4.69, 9.17) is 21.1 Å². The highest BCUT2D eigenvalue weighted by atomic mass is 35.5. The lowest BCUT2D eigenvalue weighted by molar-refractivity contribution is -0.123. The number of carbonyl (C=O) groups excluding carboxylic acids is 1. The van der Waals surface area contributed by atoms with Crippen LogP contribution in [0.1, 0.15) is 29.7 Å². The van der Waals surface area contributed by atoms with Crippen molar-refractivity contribution in [3.63, 3.8) is 0 Å². The minimum Gasteiger partial charge on any atom is -0.493 e. The summed E-state index contributed by atoms with van der Waals surface area (Å²) in [5.41, 5.74) is 3.34. The molecule has 0 aromatic heterocycles. The molecule has 27 heavy (non-hydrogen) atoms. The molecule has 0 radical (unpaired) electrons. The van der Waals surface area contributed by atoms with Gasteiger partial charge in [0.15, 0.2) is 11.5 Å². The maximum Gasteiger partial charge on any atom is 0.234 e. The Hall–Kier alpha value is -2.24. The number of methoxy groups -OCH3 is 2. The van der Waals surface area contributed by atoms with Crippen LogP contribution in [0.3, 0.4) is 0 Å². The fourth-order valence-corrected chi connectivity index (χ4v) is 3.77. The van der Waals surface area contributed by atoms with Crippen molar-refractivity contribution in [1.82, 2.24) is 10.2 Å². The molecule has 0 saturated carbocycles. The van der Waals surface area contributed by atoms with Gasteiger partial charge in [-0.1, -0.05) is 29.8 Å². The van der Waals surface area contributed by atoms with Crippen LogP contribution in [0.25, 0.3) is 0 Å². The first kappa shape index (κ1) is 19.5. The molecule has 5 nitrogen and oxygen atoms in total. The van der Waals surface area contributed by atoms with Gasteiger partial charge in [0.25, 0.3) is 0 Å². The summed E-state index contributed by atoms with van der Waals surface area (Å²) in [5.74, 6) is 1.46. The summed E-state index contributed by atoms with van der Waals surface area (Å²) in [6, 6.07) is 11.5. The van der Waals surface area contributed by atoms with Crippen LogP contribution in [-0.2, 0) is 17.8 Å². The maximum atomic E-state index is 12.5. The summed E-state index contributed by atoms with van der Waals surface area (Å²) in [7, 11) is 3.28. The van der Waals surface area contributed by atoms with Gasteiger partial charge in [-0.25, -0.2) is 0 Å². The van der Waals surface area contributed by atoms with Crippen LogP contribution in [0.4, 0.5) is 0 Å². The standard InChI is InChI=1S/C21H25ClN2O3/c1-14(17-6-4-5-7-18(17)22)23-21(25)13-24-9-8-15-10-19(26-2)20(27-3)11-16(15)12-24/h4-7,10-11,14H,8-9,12-13H2,1-3H3,(H,23,25). The van der Waals surface area contributed by atoms with Gasteiger partial charge in [-0.05, 0) is 48.2 Å². The molecule has 0 bridgehead atoms. The molecule has 2 aromatic carbocycles. The monoisotopic (exact) mass is 388 g/mol. The smallest absolute Gasteiger partial charge is 0.234 e. The molecular weight excluding hydrogens is 364 g/mol. The Morgan fingerprint density at radius 3 is 2.52 bits per heavy atom. The van der Waals surface area contributed by atoms with E-state index in [0.29, 0.717) is 18.1 Å². The molecule has 1 amide bonds.